The summed E-state index contributed by atoms with van der Waals surface area (Å²) in [6, 6.07) is 7.88. The second-order valence-corrected chi connectivity index (χ2v) is 13.4. The molecular weight excluding hydrogens is 618 g/mol. The highest BCUT2D eigenvalue weighted by Gasteiger charge is 2.27. The molecule has 2 aliphatic rings. The van der Waals surface area contributed by atoms with Gasteiger partial charge in [0.2, 0.25) is 21.9 Å². The first-order valence-electron chi connectivity index (χ1n) is 14.7. The first-order valence-corrected chi connectivity index (χ1v) is 16.9. The lowest BCUT2D eigenvalue weighted by Gasteiger charge is -2.42. The van der Waals surface area contributed by atoms with Gasteiger partial charge in [-0.1, -0.05) is 11.6 Å². The van der Waals surface area contributed by atoms with Gasteiger partial charge in [0.25, 0.3) is 0 Å². The number of aromatic nitrogens is 5. The summed E-state index contributed by atoms with van der Waals surface area (Å²) in [6.45, 7) is 6.39. The fourth-order valence-corrected chi connectivity index (χ4v) is 6.41. The molecule has 3 N–H and O–H groups in total. The summed E-state index contributed by atoms with van der Waals surface area (Å²) >= 11 is 6.45. The van der Waals surface area contributed by atoms with Gasteiger partial charge in [-0.3, -0.25) is 19.6 Å². The van der Waals surface area contributed by atoms with Gasteiger partial charge in [0.1, 0.15) is 22.0 Å². The van der Waals surface area contributed by atoms with Crippen LogP contribution in [-0.2, 0) is 10.0 Å². The minimum Gasteiger partial charge on any atom is -0.479 e. The van der Waals surface area contributed by atoms with Gasteiger partial charge in [-0.25, -0.2) is 13.4 Å². The van der Waals surface area contributed by atoms with Crippen LogP contribution < -0.4 is 25.0 Å². The van der Waals surface area contributed by atoms with E-state index in [-0.39, 0.29) is 22.5 Å². The van der Waals surface area contributed by atoms with Crippen molar-refractivity contribution >= 4 is 67.3 Å². The molecule has 238 valence electrons. The van der Waals surface area contributed by atoms with E-state index in [9.17, 15) is 8.42 Å². The molecule has 5 heterocycles. The maximum Gasteiger partial charge on any atom is 0.239 e. The van der Waals surface area contributed by atoms with Crippen molar-refractivity contribution in [2.24, 2.45) is 0 Å². The summed E-state index contributed by atoms with van der Waals surface area (Å²) in [5.41, 5.74) is 2.09. The molecule has 2 fully saturated rings. The molecule has 0 atom stereocenters. The Labute approximate surface area is 267 Å². The van der Waals surface area contributed by atoms with Crippen molar-refractivity contribution in [2.45, 2.75) is 18.9 Å². The Morgan fingerprint density at radius 2 is 1.64 bits per heavy atom. The standard InChI is InChI=1S/C29H36ClN11O3S/c1-39-14-16-40(17-15-39)19-8-12-41(13-9-19)24-7-6-23(28(36-24)44-2)35-29-33-18-20(30)27(37-29)34-22-5-4-21-25(32-11-10-31-21)26(22)38-45(3,42)43/h4-7,10-11,18-19,38H,8-9,12-17H2,1-3H3,(H2,33,34,35,37). The van der Waals surface area contributed by atoms with Crippen LogP contribution in [0.2, 0.25) is 5.02 Å². The molecule has 0 spiro atoms. The molecule has 0 amide bonds. The second-order valence-electron chi connectivity index (χ2n) is 11.2. The minimum atomic E-state index is -3.64. The lowest BCUT2D eigenvalue weighted by molar-refractivity contribution is 0.0981. The molecule has 2 saturated heterocycles. The number of methoxy groups -OCH3 is 1. The van der Waals surface area contributed by atoms with Crippen molar-refractivity contribution in [3.8, 4) is 5.88 Å². The Kier molecular flexibility index (Phi) is 9.03. The molecule has 1 aromatic carbocycles. The monoisotopic (exact) mass is 653 g/mol. The van der Waals surface area contributed by atoms with Crippen LogP contribution in [0, 0.1) is 0 Å². The maximum atomic E-state index is 12.2. The van der Waals surface area contributed by atoms with E-state index >= 15 is 0 Å². The predicted molar refractivity (Wildman–Crippen MR) is 177 cm³/mol. The number of hydrogen-bond donors (Lipinski definition) is 3. The van der Waals surface area contributed by atoms with Gasteiger partial charge in [0.05, 0.1) is 36.5 Å². The molecule has 2 aliphatic heterocycles. The molecule has 0 unspecified atom stereocenters. The van der Waals surface area contributed by atoms with E-state index in [2.05, 4.69) is 57.0 Å². The molecule has 0 saturated carbocycles. The number of sulfonamides is 1. The first-order chi connectivity index (χ1) is 21.7. The van der Waals surface area contributed by atoms with Crippen LogP contribution >= 0.6 is 11.6 Å². The molecule has 0 radical (unpaired) electrons. The summed E-state index contributed by atoms with van der Waals surface area (Å²) in [5, 5.41) is 6.51. The average Bonchev–Trinajstić information content (AvgIpc) is 3.04. The number of likely N-dealkylation sites (N-methyl/N-ethyl adjacent to an activating group) is 1. The number of ether oxygens (including phenoxy) is 1. The van der Waals surface area contributed by atoms with Gasteiger partial charge in [-0.15, -0.1) is 0 Å². The lowest BCUT2D eigenvalue weighted by atomic mass is 10.0. The van der Waals surface area contributed by atoms with Crippen molar-refractivity contribution < 1.29 is 13.2 Å². The van der Waals surface area contributed by atoms with Crippen LogP contribution in [0.15, 0.2) is 42.9 Å². The molecule has 6 rings (SSSR count). The number of nitrogens with zero attached hydrogens (tertiary/aromatic N) is 8. The quantitative estimate of drug-likeness (QED) is 0.241. The highest BCUT2D eigenvalue weighted by atomic mass is 35.5. The van der Waals surface area contributed by atoms with E-state index in [0.717, 1.165) is 64.2 Å². The Morgan fingerprint density at radius 3 is 2.38 bits per heavy atom. The smallest absolute Gasteiger partial charge is 0.239 e. The van der Waals surface area contributed by atoms with Crippen LogP contribution in [0.3, 0.4) is 0 Å². The third-order valence-electron chi connectivity index (χ3n) is 8.05. The zero-order valence-corrected chi connectivity index (χ0v) is 26.9. The van der Waals surface area contributed by atoms with Crippen molar-refractivity contribution in [1.82, 2.24) is 34.7 Å². The number of nitrogens with one attached hydrogen (secondary N) is 3. The summed E-state index contributed by atoms with van der Waals surface area (Å²) in [6.07, 6.45) is 7.74. The molecule has 0 aliphatic carbocycles. The maximum absolute atomic E-state index is 12.2. The fourth-order valence-electron chi connectivity index (χ4n) is 5.70. The summed E-state index contributed by atoms with van der Waals surface area (Å²) in [4.78, 5) is 29.6. The topological polar surface area (TPSA) is 154 Å². The van der Waals surface area contributed by atoms with Crippen LogP contribution in [0.5, 0.6) is 5.88 Å². The van der Waals surface area contributed by atoms with Crippen LogP contribution in [0.4, 0.5) is 34.6 Å². The van der Waals surface area contributed by atoms with Crippen molar-refractivity contribution in [2.75, 3.05) is 79.9 Å². The fraction of sp³-hybridized carbons (Fsp3) is 0.414. The van der Waals surface area contributed by atoms with Crippen molar-refractivity contribution in [3.63, 3.8) is 0 Å². The largest absolute Gasteiger partial charge is 0.479 e. The normalized spacial score (nSPS) is 16.9. The highest BCUT2D eigenvalue weighted by Crippen LogP contribution is 2.35. The number of halogens is 1. The Balaban J connectivity index is 1.18. The zero-order valence-electron chi connectivity index (χ0n) is 25.4. The first kappa shape index (κ1) is 31.0. The third-order valence-corrected chi connectivity index (χ3v) is 8.90. The molecule has 45 heavy (non-hydrogen) atoms. The van der Waals surface area contributed by atoms with Crippen molar-refractivity contribution in [1.29, 1.82) is 0 Å². The second kappa shape index (κ2) is 13.1. The molecule has 16 heteroatoms. The van der Waals surface area contributed by atoms with Crippen LogP contribution in [-0.4, -0.2) is 109 Å². The van der Waals surface area contributed by atoms with E-state index in [0.29, 0.717) is 34.3 Å². The predicted octanol–water partition coefficient (Wildman–Crippen LogP) is 3.55. The minimum absolute atomic E-state index is 0.223. The average molecular weight is 654 g/mol. The summed E-state index contributed by atoms with van der Waals surface area (Å²) < 4.78 is 32.5. The number of anilines is 6. The number of piperazine rings is 1. The number of rotatable bonds is 9. The molecule has 4 aromatic rings. The van der Waals surface area contributed by atoms with Gasteiger partial charge < -0.3 is 25.2 Å². The molecule has 14 nitrogen and oxygen atoms in total. The number of benzene rings is 1. The number of piperidine rings is 1. The van der Waals surface area contributed by atoms with Gasteiger partial charge in [-0.2, -0.15) is 9.97 Å². The van der Waals surface area contributed by atoms with E-state index < -0.39 is 10.0 Å². The number of pyridine rings is 1. The molecule has 3 aromatic heterocycles. The van der Waals surface area contributed by atoms with E-state index in [4.69, 9.17) is 21.3 Å². The molecule has 0 bridgehead atoms. The summed E-state index contributed by atoms with van der Waals surface area (Å²) in [7, 11) is 0.125. The van der Waals surface area contributed by atoms with Crippen LogP contribution in [0.25, 0.3) is 11.0 Å². The van der Waals surface area contributed by atoms with E-state index in [1.54, 1.807) is 19.2 Å². The SMILES string of the molecule is COc1nc(N2CCC(N3CCN(C)CC3)CC2)ccc1Nc1ncc(Cl)c(Nc2ccc3nccnc3c2NS(C)(=O)=O)n1. The van der Waals surface area contributed by atoms with E-state index in [1.165, 1.54) is 18.6 Å². The van der Waals surface area contributed by atoms with Crippen LogP contribution in [0.1, 0.15) is 12.8 Å². The van der Waals surface area contributed by atoms with Gasteiger partial charge in [0, 0.05) is 57.7 Å². The van der Waals surface area contributed by atoms with Gasteiger partial charge in [0.15, 0.2) is 5.82 Å². The number of hydrogen-bond acceptors (Lipinski definition) is 13. The summed E-state index contributed by atoms with van der Waals surface area (Å²) in [5.74, 6) is 1.76. The zero-order chi connectivity index (χ0) is 31.6. The Bertz CT molecular complexity index is 1780. The third kappa shape index (κ3) is 7.27. The van der Waals surface area contributed by atoms with Gasteiger partial charge >= 0.3 is 0 Å². The number of fused-ring (bicyclic) bond motifs is 1. The highest BCUT2D eigenvalue weighted by molar-refractivity contribution is 7.92. The van der Waals surface area contributed by atoms with Crippen molar-refractivity contribution in [3.05, 3.63) is 47.9 Å². The Morgan fingerprint density at radius 1 is 0.911 bits per heavy atom. The molecular formula is C29H36ClN11O3S. The van der Waals surface area contributed by atoms with E-state index in [1.807, 2.05) is 12.1 Å². The lowest BCUT2D eigenvalue weighted by Crippen LogP contribution is -2.52. The van der Waals surface area contributed by atoms with Gasteiger partial charge in [-0.05, 0) is 44.2 Å². The Hall–Kier alpha value is -4.05.